The molecule has 1 aliphatic heterocycles. The van der Waals surface area contributed by atoms with Crippen LogP contribution in [-0.4, -0.2) is 38.3 Å². The molecule has 3 rings (SSSR count). The maximum Gasteiger partial charge on any atom is 0.260 e. The van der Waals surface area contributed by atoms with Crippen LogP contribution < -0.4 is 4.74 Å². The van der Waals surface area contributed by atoms with Gasteiger partial charge < -0.3 is 9.64 Å². The standard InChI is InChI=1S/C15H17FN4O2/c1-15(2,16)9-22-13-12-11(3-4-17-13)8-20(14(12)21)7-10-5-18-19-6-10/h3-6H,7-9H2,1-2H3,(H,18,19). The second kappa shape index (κ2) is 5.40. The van der Waals surface area contributed by atoms with Gasteiger partial charge >= 0.3 is 0 Å². The van der Waals surface area contributed by atoms with Crippen LogP contribution in [0.15, 0.2) is 24.7 Å². The van der Waals surface area contributed by atoms with E-state index >= 15 is 0 Å². The third-order valence-corrected chi connectivity index (χ3v) is 3.35. The highest BCUT2D eigenvalue weighted by molar-refractivity contribution is 6.00. The smallest absolute Gasteiger partial charge is 0.260 e. The van der Waals surface area contributed by atoms with Crippen molar-refractivity contribution in [2.45, 2.75) is 32.6 Å². The molecule has 3 heterocycles. The van der Waals surface area contributed by atoms with Gasteiger partial charge in [-0.25, -0.2) is 9.37 Å². The first kappa shape index (κ1) is 14.5. The summed E-state index contributed by atoms with van der Waals surface area (Å²) in [5.74, 6) is 0.0406. The molecule has 0 saturated carbocycles. The number of carbonyl (C=O) groups excluding carboxylic acids is 1. The van der Waals surface area contributed by atoms with E-state index in [1.54, 1.807) is 29.6 Å². The van der Waals surface area contributed by atoms with E-state index in [4.69, 9.17) is 4.74 Å². The third-order valence-electron chi connectivity index (χ3n) is 3.35. The van der Waals surface area contributed by atoms with Crippen molar-refractivity contribution in [3.8, 4) is 5.88 Å². The summed E-state index contributed by atoms with van der Waals surface area (Å²) in [6.07, 6.45) is 5.00. The van der Waals surface area contributed by atoms with E-state index in [2.05, 4.69) is 15.2 Å². The lowest BCUT2D eigenvalue weighted by Gasteiger charge is -2.16. The van der Waals surface area contributed by atoms with Crippen LogP contribution in [0.25, 0.3) is 0 Å². The number of aromatic amines is 1. The molecule has 1 N–H and O–H groups in total. The first-order valence-corrected chi connectivity index (χ1v) is 7.00. The van der Waals surface area contributed by atoms with Crippen LogP contribution in [0.3, 0.4) is 0 Å². The largest absolute Gasteiger partial charge is 0.474 e. The van der Waals surface area contributed by atoms with E-state index in [1.807, 2.05) is 0 Å². The molecule has 0 atom stereocenters. The highest BCUT2D eigenvalue weighted by atomic mass is 19.1. The summed E-state index contributed by atoms with van der Waals surface area (Å²) in [5.41, 5.74) is 0.703. The summed E-state index contributed by atoms with van der Waals surface area (Å²) >= 11 is 0. The number of fused-ring (bicyclic) bond motifs is 1. The van der Waals surface area contributed by atoms with Crippen LogP contribution in [-0.2, 0) is 13.1 Å². The minimum Gasteiger partial charge on any atom is -0.474 e. The summed E-state index contributed by atoms with van der Waals surface area (Å²) in [6, 6.07) is 1.79. The van der Waals surface area contributed by atoms with Crippen LogP contribution in [0.1, 0.15) is 35.3 Å². The monoisotopic (exact) mass is 304 g/mol. The van der Waals surface area contributed by atoms with Gasteiger partial charge in [-0.2, -0.15) is 5.10 Å². The zero-order valence-corrected chi connectivity index (χ0v) is 12.5. The van der Waals surface area contributed by atoms with Gasteiger partial charge in [0.1, 0.15) is 17.8 Å². The minimum absolute atomic E-state index is 0.147. The lowest BCUT2D eigenvalue weighted by atomic mass is 10.1. The van der Waals surface area contributed by atoms with Gasteiger partial charge in [0.15, 0.2) is 0 Å². The van der Waals surface area contributed by atoms with Crippen molar-refractivity contribution in [2.75, 3.05) is 6.61 Å². The van der Waals surface area contributed by atoms with E-state index in [-0.39, 0.29) is 18.4 Å². The fourth-order valence-electron chi connectivity index (χ4n) is 2.34. The molecule has 0 unspecified atom stereocenters. The number of rotatable bonds is 5. The van der Waals surface area contributed by atoms with Crippen LogP contribution in [0, 0.1) is 0 Å². The summed E-state index contributed by atoms with van der Waals surface area (Å²) in [6.45, 7) is 3.63. The second-order valence-electron chi connectivity index (χ2n) is 5.93. The number of nitrogens with zero attached hydrogens (tertiary/aromatic N) is 3. The highest BCUT2D eigenvalue weighted by Crippen LogP contribution is 2.30. The molecule has 116 valence electrons. The van der Waals surface area contributed by atoms with Gasteiger partial charge in [0.05, 0.1) is 6.20 Å². The Morgan fingerprint density at radius 2 is 2.32 bits per heavy atom. The molecule has 0 fully saturated rings. The number of amides is 1. The number of hydrogen-bond donors (Lipinski definition) is 1. The molecule has 2 aromatic heterocycles. The minimum atomic E-state index is -1.48. The molecular weight excluding hydrogens is 287 g/mol. The molecule has 0 saturated heterocycles. The Morgan fingerprint density at radius 3 is 3.00 bits per heavy atom. The molecule has 0 bridgehead atoms. The van der Waals surface area contributed by atoms with Gasteiger partial charge in [0, 0.05) is 31.0 Å². The molecule has 0 aromatic carbocycles. The molecule has 6 nitrogen and oxygen atoms in total. The van der Waals surface area contributed by atoms with Crippen LogP contribution in [0.5, 0.6) is 5.88 Å². The summed E-state index contributed by atoms with van der Waals surface area (Å²) in [7, 11) is 0. The maximum atomic E-state index is 13.6. The van der Waals surface area contributed by atoms with Crippen molar-refractivity contribution in [1.82, 2.24) is 20.1 Å². The van der Waals surface area contributed by atoms with Crippen molar-refractivity contribution in [3.63, 3.8) is 0 Å². The predicted molar refractivity (Wildman–Crippen MR) is 77.1 cm³/mol. The van der Waals surface area contributed by atoms with E-state index < -0.39 is 5.67 Å². The molecule has 2 aromatic rings. The zero-order chi connectivity index (χ0) is 15.7. The summed E-state index contributed by atoms with van der Waals surface area (Å²) in [5, 5.41) is 6.59. The Bertz CT molecular complexity index is 679. The zero-order valence-electron chi connectivity index (χ0n) is 12.5. The average Bonchev–Trinajstić information content (AvgIpc) is 3.06. The van der Waals surface area contributed by atoms with Gasteiger partial charge in [-0.15, -0.1) is 0 Å². The molecule has 0 radical (unpaired) electrons. The quantitative estimate of drug-likeness (QED) is 0.918. The first-order chi connectivity index (χ1) is 10.4. The van der Waals surface area contributed by atoms with Gasteiger partial charge in [0.2, 0.25) is 5.88 Å². The maximum absolute atomic E-state index is 13.6. The van der Waals surface area contributed by atoms with Crippen molar-refractivity contribution < 1.29 is 13.9 Å². The normalized spacial score (nSPS) is 14.3. The molecule has 1 amide bonds. The number of aromatic nitrogens is 3. The summed E-state index contributed by atoms with van der Waals surface area (Å²) < 4.78 is 19.0. The SMILES string of the molecule is CC(C)(F)COc1nccc2c1C(=O)N(Cc1cn[nH]c1)C2. The van der Waals surface area contributed by atoms with Crippen LogP contribution in [0.2, 0.25) is 0 Å². The van der Waals surface area contributed by atoms with Gasteiger partial charge in [-0.1, -0.05) is 0 Å². The molecule has 1 aliphatic rings. The molecular formula is C15H17FN4O2. The van der Waals surface area contributed by atoms with Crippen molar-refractivity contribution in [2.24, 2.45) is 0 Å². The Kier molecular flexibility index (Phi) is 3.56. The van der Waals surface area contributed by atoms with Gasteiger partial charge in [-0.3, -0.25) is 9.89 Å². The Balaban J connectivity index is 1.80. The van der Waals surface area contributed by atoms with Gasteiger partial charge in [-0.05, 0) is 25.5 Å². The number of halogens is 1. The molecule has 22 heavy (non-hydrogen) atoms. The molecule has 0 spiro atoms. The van der Waals surface area contributed by atoms with E-state index in [1.165, 1.54) is 13.8 Å². The fraction of sp³-hybridized carbons (Fsp3) is 0.400. The van der Waals surface area contributed by atoms with Gasteiger partial charge in [0.25, 0.3) is 5.91 Å². The van der Waals surface area contributed by atoms with Crippen LogP contribution in [0.4, 0.5) is 4.39 Å². The van der Waals surface area contributed by atoms with Crippen LogP contribution >= 0.6 is 0 Å². The van der Waals surface area contributed by atoms with Crippen molar-refractivity contribution in [3.05, 3.63) is 41.3 Å². The Morgan fingerprint density at radius 1 is 1.50 bits per heavy atom. The number of hydrogen-bond acceptors (Lipinski definition) is 4. The third kappa shape index (κ3) is 2.93. The van der Waals surface area contributed by atoms with Crippen molar-refractivity contribution >= 4 is 5.91 Å². The number of pyridine rings is 1. The van der Waals surface area contributed by atoms with Crippen molar-refractivity contribution in [1.29, 1.82) is 0 Å². The molecule has 0 aliphatic carbocycles. The average molecular weight is 304 g/mol. The highest BCUT2D eigenvalue weighted by Gasteiger charge is 2.32. The second-order valence-corrected chi connectivity index (χ2v) is 5.93. The van der Waals surface area contributed by atoms with E-state index in [9.17, 15) is 9.18 Å². The Labute approximate surface area is 127 Å². The number of carbonyl (C=O) groups is 1. The predicted octanol–water partition coefficient (Wildman–Crippen LogP) is 2.09. The van der Waals surface area contributed by atoms with E-state index in [0.29, 0.717) is 18.7 Å². The molecule has 7 heteroatoms. The topological polar surface area (TPSA) is 71.1 Å². The lowest BCUT2D eigenvalue weighted by molar-refractivity contribution is 0.0755. The lowest BCUT2D eigenvalue weighted by Crippen LogP contribution is -2.25. The number of H-pyrrole nitrogens is 1. The van der Waals surface area contributed by atoms with E-state index in [0.717, 1.165) is 11.1 Å². The fourth-order valence-corrected chi connectivity index (χ4v) is 2.34. The number of alkyl halides is 1. The number of nitrogens with one attached hydrogen (secondary N) is 1. The summed E-state index contributed by atoms with van der Waals surface area (Å²) in [4.78, 5) is 18.3. The number of ether oxygens (including phenoxy) is 1. The Hall–Kier alpha value is -2.44. The first-order valence-electron chi connectivity index (χ1n) is 7.00.